The molecule has 0 amide bonds. The molecule has 37 heavy (non-hydrogen) atoms. The summed E-state index contributed by atoms with van der Waals surface area (Å²) >= 11 is 0. The molecule has 2 aliphatic carbocycles. The van der Waals surface area contributed by atoms with Crippen LogP contribution in [0.25, 0.3) is 34.4 Å². The Hall–Kier alpha value is -3.42. The number of hydrogen-bond donors (Lipinski definition) is 0. The number of fused-ring (bicyclic) bond motifs is 2. The van der Waals surface area contributed by atoms with Gasteiger partial charge in [0.2, 0.25) is 0 Å². The van der Waals surface area contributed by atoms with Crippen molar-refractivity contribution in [2.24, 2.45) is 0 Å². The van der Waals surface area contributed by atoms with Crippen LogP contribution in [0.4, 0.5) is 0 Å². The predicted molar refractivity (Wildman–Crippen MR) is 161 cm³/mol. The monoisotopic (exact) mass is 494 g/mol. The first-order valence-electron chi connectivity index (χ1n) is 13.5. The Bertz CT molecular complexity index is 1430. The zero-order valence-corrected chi connectivity index (χ0v) is 23.3. The fourth-order valence-corrected chi connectivity index (χ4v) is 8.20. The average Bonchev–Trinajstić information content (AvgIpc) is 3.40. The third kappa shape index (κ3) is 4.26. The van der Waals surface area contributed by atoms with Gasteiger partial charge < -0.3 is 0 Å². The lowest BCUT2D eigenvalue weighted by molar-refractivity contribution is 0.876. The van der Waals surface area contributed by atoms with Gasteiger partial charge in [-0.15, -0.1) is 0 Å². The highest BCUT2D eigenvalue weighted by Crippen LogP contribution is 2.46. The summed E-state index contributed by atoms with van der Waals surface area (Å²) in [4.78, 5) is 0. The molecule has 4 aromatic carbocycles. The Labute approximate surface area is 224 Å². The second-order valence-electron chi connectivity index (χ2n) is 10.8. The molecule has 0 saturated heterocycles. The smallest absolute Gasteiger partial charge is 0.0397 e. The van der Waals surface area contributed by atoms with Gasteiger partial charge in [0.1, 0.15) is 0 Å². The molecular formula is C36H34Si. The predicted octanol–water partition coefficient (Wildman–Crippen LogP) is 9.88. The van der Waals surface area contributed by atoms with Gasteiger partial charge in [-0.2, -0.15) is 0 Å². The maximum atomic E-state index is 2.46. The molecule has 4 aromatic rings. The van der Waals surface area contributed by atoms with Crippen LogP contribution in [0.15, 0.2) is 96.1 Å². The quantitative estimate of drug-likeness (QED) is 0.234. The second-order valence-corrected chi connectivity index (χ2v) is 12.1. The SMILES string of the molecule is CC1=Cc2c(-c3ccccc3C)cccc2C1C[Si]CC1C(C)=Cc2c(-c3ccccc3C)cccc21. The van der Waals surface area contributed by atoms with Crippen LogP contribution in [0.3, 0.4) is 0 Å². The number of benzene rings is 4. The molecule has 0 aromatic heterocycles. The maximum Gasteiger partial charge on any atom is 0.0397 e. The van der Waals surface area contributed by atoms with Gasteiger partial charge in [-0.25, -0.2) is 0 Å². The third-order valence-corrected chi connectivity index (χ3v) is 9.84. The molecule has 0 fully saturated rings. The molecule has 2 atom stereocenters. The number of hydrogen-bond acceptors (Lipinski definition) is 0. The summed E-state index contributed by atoms with van der Waals surface area (Å²) < 4.78 is 0. The highest BCUT2D eigenvalue weighted by Gasteiger charge is 2.28. The molecule has 0 bridgehead atoms. The van der Waals surface area contributed by atoms with Crippen molar-refractivity contribution >= 4 is 21.7 Å². The Morgan fingerprint density at radius 3 is 1.32 bits per heavy atom. The molecule has 182 valence electrons. The topological polar surface area (TPSA) is 0 Å². The first kappa shape index (κ1) is 23.9. The van der Waals surface area contributed by atoms with Gasteiger partial charge >= 0.3 is 0 Å². The average molecular weight is 495 g/mol. The van der Waals surface area contributed by atoms with Gasteiger partial charge in [0.15, 0.2) is 0 Å². The van der Waals surface area contributed by atoms with Crippen molar-refractivity contribution in [1.82, 2.24) is 0 Å². The lowest BCUT2D eigenvalue weighted by Crippen LogP contribution is -2.07. The maximum absolute atomic E-state index is 2.46. The van der Waals surface area contributed by atoms with E-state index in [4.69, 9.17) is 0 Å². The van der Waals surface area contributed by atoms with Crippen molar-refractivity contribution in [3.63, 3.8) is 0 Å². The molecule has 0 nitrogen and oxygen atoms in total. The van der Waals surface area contributed by atoms with E-state index in [0.29, 0.717) is 11.8 Å². The lowest BCUT2D eigenvalue weighted by Gasteiger charge is -2.19. The number of rotatable bonds is 6. The molecule has 2 unspecified atom stereocenters. The van der Waals surface area contributed by atoms with Crippen molar-refractivity contribution in [3.8, 4) is 22.3 Å². The lowest BCUT2D eigenvalue weighted by atomic mass is 9.91. The highest BCUT2D eigenvalue weighted by atomic mass is 28.2. The molecule has 2 aliphatic rings. The van der Waals surface area contributed by atoms with E-state index in [2.05, 4.69) is 125 Å². The number of allylic oxidation sites excluding steroid dienone is 2. The highest BCUT2D eigenvalue weighted by molar-refractivity contribution is 6.36. The standard InChI is InChI=1S/C36H34Si/c1-23-11-5-7-13-27(23)29-15-9-17-31-33(29)19-25(3)35(31)21-37-22-36-26(4)20-34-30(16-10-18-32(34)36)28-14-8-6-12-24(28)2/h5-20,35-36H,21-22H2,1-4H3. The molecule has 1 heteroatoms. The van der Waals surface area contributed by atoms with Crippen molar-refractivity contribution < 1.29 is 0 Å². The molecule has 0 spiro atoms. The zero-order chi connectivity index (χ0) is 25.5. The Morgan fingerprint density at radius 1 is 0.486 bits per heavy atom. The Kier molecular flexibility index (Phi) is 6.34. The van der Waals surface area contributed by atoms with E-state index in [0.717, 1.165) is 9.52 Å². The van der Waals surface area contributed by atoms with Crippen molar-refractivity contribution in [1.29, 1.82) is 0 Å². The summed E-state index contributed by atoms with van der Waals surface area (Å²) in [5.74, 6) is 1.08. The van der Waals surface area contributed by atoms with E-state index in [-0.39, 0.29) is 0 Å². The van der Waals surface area contributed by atoms with Crippen LogP contribution in [0.1, 0.15) is 59.1 Å². The Balaban J connectivity index is 1.22. The first-order valence-corrected chi connectivity index (χ1v) is 14.9. The molecule has 0 heterocycles. The first-order chi connectivity index (χ1) is 18.0. The van der Waals surface area contributed by atoms with E-state index in [1.54, 1.807) is 0 Å². The third-order valence-electron chi connectivity index (χ3n) is 8.44. The van der Waals surface area contributed by atoms with Crippen LogP contribution in [-0.2, 0) is 0 Å². The summed E-state index contributed by atoms with van der Waals surface area (Å²) in [7, 11) is 0.936. The summed E-state index contributed by atoms with van der Waals surface area (Å²) in [6, 6.07) is 33.9. The van der Waals surface area contributed by atoms with E-state index in [1.165, 1.54) is 78.9 Å². The largest absolute Gasteiger partial charge is 0.0655 e. The molecule has 0 aliphatic heterocycles. The molecular weight excluding hydrogens is 460 g/mol. The van der Waals surface area contributed by atoms with Crippen molar-refractivity contribution in [2.45, 2.75) is 51.6 Å². The molecule has 0 saturated carbocycles. The zero-order valence-electron chi connectivity index (χ0n) is 22.3. The second kappa shape index (κ2) is 9.80. The van der Waals surface area contributed by atoms with Crippen molar-refractivity contribution in [3.05, 3.63) is 129 Å². The van der Waals surface area contributed by atoms with Gasteiger partial charge in [0.25, 0.3) is 0 Å². The summed E-state index contributed by atoms with van der Waals surface area (Å²) in [5.41, 5.74) is 17.1. The fourth-order valence-electron chi connectivity index (χ4n) is 6.38. The van der Waals surface area contributed by atoms with Gasteiger partial charge in [-0.05, 0) is 83.3 Å². The van der Waals surface area contributed by atoms with Crippen molar-refractivity contribution in [2.75, 3.05) is 0 Å². The van der Waals surface area contributed by atoms with Crippen LogP contribution in [0.2, 0.25) is 12.1 Å². The van der Waals surface area contributed by atoms with E-state index in [1.807, 2.05) is 0 Å². The summed E-state index contributed by atoms with van der Waals surface area (Å²) in [6.45, 7) is 9.11. The van der Waals surface area contributed by atoms with Gasteiger partial charge in [-0.1, -0.05) is 120 Å². The van der Waals surface area contributed by atoms with Gasteiger partial charge in [0, 0.05) is 21.4 Å². The summed E-state index contributed by atoms with van der Waals surface area (Å²) in [6.07, 6.45) is 4.91. The van der Waals surface area contributed by atoms with Gasteiger partial charge in [-0.3, -0.25) is 0 Å². The van der Waals surface area contributed by atoms with Crippen LogP contribution in [0, 0.1) is 13.8 Å². The van der Waals surface area contributed by atoms with Crippen LogP contribution in [0.5, 0.6) is 0 Å². The summed E-state index contributed by atoms with van der Waals surface area (Å²) in [5, 5.41) is 0. The molecule has 2 radical (unpaired) electrons. The minimum atomic E-state index is 0.542. The van der Waals surface area contributed by atoms with E-state index >= 15 is 0 Å². The Morgan fingerprint density at radius 2 is 0.892 bits per heavy atom. The normalized spacial score (nSPS) is 17.8. The minimum absolute atomic E-state index is 0.542. The minimum Gasteiger partial charge on any atom is -0.0655 e. The van der Waals surface area contributed by atoms with Crippen LogP contribution in [-0.4, -0.2) is 9.52 Å². The van der Waals surface area contributed by atoms with E-state index < -0.39 is 0 Å². The van der Waals surface area contributed by atoms with Crippen LogP contribution < -0.4 is 0 Å². The fraction of sp³-hybridized carbons (Fsp3) is 0.222. The van der Waals surface area contributed by atoms with E-state index in [9.17, 15) is 0 Å². The molecule has 6 rings (SSSR count). The van der Waals surface area contributed by atoms with Gasteiger partial charge in [0.05, 0.1) is 0 Å². The van der Waals surface area contributed by atoms with Crippen LogP contribution >= 0.6 is 0 Å². The molecule has 0 N–H and O–H groups in total. The number of aryl methyl sites for hydroxylation is 2.